The van der Waals surface area contributed by atoms with E-state index < -0.39 is 0 Å². The highest BCUT2D eigenvalue weighted by Crippen LogP contribution is 2.28. The van der Waals surface area contributed by atoms with Crippen molar-refractivity contribution < 1.29 is 9.53 Å². The average molecular weight is 372 g/mol. The van der Waals surface area contributed by atoms with Crippen LogP contribution in [-0.2, 0) is 10.2 Å². The number of aromatic nitrogens is 4. The van der Waals surface area contributed by atoms with Crippen LogP contribution in [0.15, 0.2) is 12.1 Å². The Labute approximate surface area is 159 Å². The lowest BCUT2D eigenvalue weighted by Crippen LogP contribution is -2.50. The third kappa shape index (κ3) is 3.63. The lowest BCUT2D eigenvalue weighted by molar-refractivity contribution is 0.0410. The van der Waals surface area contributed by atoms with Crippen LogP contribution in [0.5, 0.6) is 0 Å². The summed E-state index contributed by atoms with van der Waals surface area (Å²) in [5.74, 6) is 1.19. The van der Waals surface area contributed by atoms with E-state index in [0.29, 0.717) is 26.3 Å². The van der Waals surface area contributed by atoms with Crippen molar-refractivity contribution in [2.45, 2.75) is 44.9 Å². The molecular formula is C19H28N6O2. The molecular weight excluding hydrogens is 344 g/mol. The van der Waals surface area contributed by atoms with Gasteiger partial charge >= 0.3 is 6.03 Å². The predicted octanol–water partition coefficient (Wildman–Crippen LogP) is 2.05. The quantitative estimate of drug-likeness (QED) is 0.766. The summed E-state index contributed by atoms with van der Waals surface area (Å²) in [7, 11) is 0. The van der Waals surface area contributed by atoms with Gasteiger partial charge in [-0.25, -0.2) is 4.79 Å². The first-order valence-electron chi connectivity index (χ1n) is 9.78. The normalized spacial score (nSPS) is 19.7. The van der Waals surface area contributed by atoms with E-state index in [9.17, 15) is 4.79 Å². The number of carbonyl (C=O) groups is 1. The van der Waals surface area contributed by atoms with E-state index in [2.05, 4.69) is 31.0 Å². The fourth-order valence-electron chi connectivity index (χ4n) is 3.74. The summed E-state index contributed by atoms with van der Waals surface area (Å²) in [6.07, 6.45) is 1.77. The molecule has 0 aliphatic carbocycles. The number of morpholine rings is 1. The monoisotopic (exact) mass is 372 g/mol. The summed E-state index contributed by atoms with van der Waals surface area (Å²) in [6.45, 7) is 10.6. The fraction of sp³-hybridized carbons (Fsp3) is 0.684. The van der Waals surface area contributed by atoms with Crippen LogP contribution >= 0.6 is 0 Å². The molecule has 0 aromatic carbocycles. The molecule has 0 saturated carbocycles. The van der Waals surface area contributed by atoms with Crippen LogP contribution in [0.1, 0.15) is 51.0 Å². The largest absolute Gasteiger partial charge is 0.378 e. The molecule has 8 nitrogen and oxygen atoms in total. The minimum absolute atomic E-state index is 0.0241. The lowest BCUT2D eigenvalue weighted by atomic mass is 9.92. The van der Waals surface area contributed by atoms with Crippen LogP contribution in [-0.4, -0.2) is 75.0 Å². The summed E-state index contributed by atoms with van der Waals surface area (Å²) in [5.41, 5.74) is 1.78. The minimum atomic E-state index is -0.0241. The zero-order valence-electron chi connectivity index (χ0n) is 16.4. The van der Waals surface area contributed by atoms with Crippen molar-refractivity contribution in [2.24, 2.45) is 0 Å². The van der Waals surface area contributed by atoms with E-state index in [4.69, 9.17) is 9.84 Å². The molecule has 4 rings (SSSR count). The minimum Gasteiger partial charge on any atom is -0.378 e. The zero-order chi connectivity index (χ0) is 19.0. The Kier molecular flexibility index (Phi) is 4.75. The number of hydrogen-bond donors (Lipinski definition) is 0. The standard InChI is InChI=1S/C19H28N6O2/c1-19(2,3)15-4-5-16-20-21-17(25(16)22-15)14-6-8-23(9-7-14)18(26)24-10-12-27-13-11-24/h4-5,14H,6-13H2,1-3H3. The van der Waals surface area contributed by atoms with Crippen molar-refractivity contribution in [2.75, 3.05) is 39.4 Å². The van der Waals surface area contributed by atoms with Gasteiger partial charge in [0.05, 0.1) is 18.9 Å². The number of hydrogen-bond acceptors (Lipinski definition) is 5. The van der Waals surface area contributed by atoms with Gasteiger partial charge in [0.25, 0.3) is 0 Å². The summed E-state index contributed by atoms with van der Waals surface area (Å²) in [5, 5.41) is 13.5. The highest BCUT2D eigenvalue weighted by atomic mass is 16.5. The van der Waals surface area contributed by atoms with Crippen molar-refractivity contribution in [3.63, 3.8) is 0 Å². The second-order valence-electron chi connectivity index (χ2n) is 8.44. The Morgan fingerprint density at radius 2 is 1.70 bits per heavy atom. The Bertz CT molecular complexity index is 813. The van der Waals surface area contributed by atoms with Gasteiger partial charge in [0.15, 0.2) is 11.5 Å². The van der Waals surface area contributed by atoms with Crippen molar-refractivity contribution in [3.8, 4) is 0 Å². The molecule has 2 aromatic rings. The second kappa shape index (κ2) is 7.07. The maximum absolute atomic E-state index is 12.7. The van der Waals surface area contributed by atoms with E-state index in [-0.39, 0.29) is 17.4 Å². The first-order chi connectivity index (χ1) is 12.9. The molecule has 2 fully saturated rings. The van der Waals surface area contributed by atoms with Crippen molar-refractivity contribution in [1.82, 2.24) is 29.6 Å². The molecule has 27 heavy (non-hydrogen) atoms. The summed E-state index contributed by atoms with van der Waals surface area (Å²) < 4.78 is 7.23. The maximum Gasteiger partial charge on any atom is 0.320 e. The molecule has 2 aliphatic heterocycles. The Morgan fingerprint density at radius 1 is 1.04 bits per heavy atom. The topological polar surface area (TPSA) is 75.9 Å². The number of likely N-dealkylation sites (tertiary alicyclic amines) is 1. The van der Waals surface area contributed by atoms with Crippen molar-refractivity contribution in [3.05, 3.63) is 23.7 Å². The summed E-state index contributed by atoms with van der Waals surface area (Å²) in [6, 6.07) is 4.15. The third-order valence-corrected chi connectivity index (χ3v) is 5.47. The van der Waals surface area contributed by atoms with Gasteiger partial charge in [-0.2, -0.15) is 9.61 Å². The number of piperidine rings is 1. The maximum atomic E-state index is 12.7. The fourth-order valence-corrected chi connectivity index (χ4v) is 3.74. The number of urea groups is 1. The average Bonchev–Trinajstić information content (AvgIpc) is 3.11. The molecule has 146 valence electrons. The van der Waals surface area contributed by atoms with Crippen LogP contribution in [0.3, 0.4) is 0 Å². The molecule has 2 aliphatic rings. The lowest BCUT2D eigenvalue weighted by Gasteiger charge is -2.36. The van der Waals surface area contributed by atoms with Gasteiger partial charge in [0.2, 0.25) is 0 Å². The number of ether oxygens (including phenoxy) is 1. The Balaban J connectivity index is 1.47. The van der Waals surface area contributed by atoms with Gasteiger partial charge < -0.3 is 14.5 Å². The van der Waals surface area contributed by atoms with Crippen LogP contribution in [0, 0.1) is 0 Å². The molecule has 4 heterocycles. The first-order valence-corrected chi connectivity index (χ1v) is 9.78. The van der Waals surface area contributed by atoms with Gasteiger partial charge in [-0.05, 0) is 25.0 Å². The molecule has 0 radical (unpaired) electrons. The third-order valence-electron chi connectivity index (χ3n) is 5.47. The number of amides is 2. The molecule has 8 heteroatoms. The van der Waals surface area contributed by atoms with E-state index in [0.717, 1.165) is 43.1 Å². The van der Waals surface area contributed by atoms with Gasteiger partial charge in [-0.15, -0.1) is 10.2 Å². The van der Waals surface area contributed by atoms with Crippen LogP contribution in [0.25, 0.3) is 5.65 Å². The van der Waals surface area contributed by atoms with Crippen molar-refractivity contribution in [1.29, 1.82) is 0 Å². The van der Waals surface area contributed by atoms with Gasteiger partial charge in [-0.3, -0.25) is 0 Å². The number of rotatable bonds is 1. The van der Waals surface area contributed by atoms with Crippen molar-refractivity contribution >= 4 is 11.7 Å². The summed E-state index contributed by atoms with van der Waals surface area (Å²) >= 11 is 0. The Hall–Kier alpha value is -2.22. The number of fused-ring (bicyclic) bond motifs is 1. The molecule has 0 bridgehead atoms. The molecule has 0 atom stereocenters. The molecule has 2 saturated heterocycles. The second-order valence-corrected chi connectivity index (χ2v) is 8.44. The molecule has 0 N–H and O–H groups in total. The van der Waals surface area contributed by atoms with Crippen LogP contribution in [0.2, 0.25) is 0 Å². The highest BCUT2D eigenvalue weighted by molar-refractivity contribution is 5.74. The van der Waals surface area contributed by atoms with Crippen LogP contribution in [0.4, 0.5) is 4.79 Å². The molecule has 0 spiro atoms. The van der Waals surface area contributed by atoms with Gasteiger partial charge in [0, 0.05) is 37.5 Å². The molecule has 0 unspecified atom stereocenters. The summed E-state index contributed by atoms with van der Waals surface area (Å²) in [4.78, 5) is 16.5. The first kappa shape index (κ1) is 18.2. The SMILES string of the molecule is CC(C)(C)c1ccc2nnc(C3CCN(C(=O)N4CCOCC4)CC3)n2n1. The van der Waals surface area contributed by atoms with E-state index in [1.807, 2.05) is 26.4 Å². The highest BCUT2D eigenvalue weighted by Gasteiger charge is 2.30. The van der Waals surface area contributed by atoms with E-state index in [1.54, 1.807) is 0 Å². The molecule has 2 amide bonds. The van der Waals surface area contributed by atoms with Crippen LogP contribution < -0.4 is 0 Å². The predicted molar refractivity (Wildman–Crippen MR) is 101 cm³/mol. The zero-order valence-corrected chi connectivity index (χ0v) is 16.4. The van der Waals surface area contributed by atoms with E-state index in [1.165, 1.54) is 0 Å². The number of carbonyl (C=O) groups excluding carboxylic acids is 1. The molecule has 2 aromatic heterocycles. The Morgan fingerprint density at radius 3 is 2.37 bits per heavy atom. The smallest absolute Gasteiger partial charge is 0.320 e. The van der Waals surface area contributed by atoms with E-state index >= 15 is 0 Å². The van der Waals surface area contributed by atoms with Gasteiger partial charge in [0.1, 0.15) is 0 Å². The van der Waals surface area contributed by atoms with Gasteiger partial charge in [-0.1, -0.05) is 20.8 Å². The number of nitrogens with zero attached hydrogens (tertiary/aromatic N) is 6.